The summed E-state index contributed by atoms with van der Waals surface area (Å²) in [6.07, 6.45) is 0. The van der Waals surface area contributed by atoms with E-state index in [-0.39, 0.29) is 6.03 Å². The molecular formula is C19H25N2O5P. The molecule has 0 heterocycles. The van der Waals surface area contributed by atoms with E-state index in [1.165, 1.54) is 4.90 Å². The average Bonchev–Trinajstić information content (AvgIpc) is 2.70. The minimum atomic E-state index is -1.47. The van der Waals surface area contributed by atoms with E-state index in [2.05, 4.69) is 5.09 Å². The molecule has 0 atom stereocenters. The number of urea groups is 1. The van der Waals surface area contributed by atoms with Crippen LogP contribution in [0.4, 0.5) is 4.79 Å². The molecule has 0 unspecified atom stereocenters. The summed E-state index contributed by atoms with van der Waals surface area (Å²) in [7, 11) is 8.22. The predicted molar refractivity (Wildman–Crippen MR) is 107 cm³/mol. The van der Waals surface area contributed by atoms with E-state index in [0.29, 0.717) is 23.0 Å². The highest BCUT2D eigenvalue weighted by Crippen LogP contribution is 2.43. The van der Waals surface area contributed by atoms with E-state index in [4.69, 9.17) is 18.9 Å². The smallest absolute Gasteiger partial charge is 0.320 e. The number of nitrogens with one attached hydrogen (secondary N) is 1. The van der Waals surface area contributed by atoms with Gasteiger partial charge in [-0.05, 0) is 24.3 Å². The van der Waals surface area contributed by atoms with Gasteiger partial charge in [0.2, 0.25) is 0 Å². The van der Waals surface area contributed by atoms with Crippen molar-refractivity contribution in [2.24, 2.45) is 0 Å². The molecule has 0 saturated heterocycles. The lowest BCUT2D eigenvalue weighted by Crippen LogP contribution is -2.37. The quantitative estimate of drug-likeness (QED) is 0.733. The Balaban J connectivity index is 2.78. The molecule has 7 nitrogen and oxygen atoms in total. The van der Waals surface area contributed by atoms with Crippen LogP contribution in [0.25, 0.3) is 0 Å². The van der Waals surface area contributed by atoms with Gasteiger partial charge in [-0.3, -0.25) is 0 Å². The van der Waals surface area contributed by atoms with Gasteiger partial charge >= 0.3 is 6.03 Å². The molecule has 0 aliphatic carbocycles. The Kier molecular flexibility index (Phi) is 7.13. The van der Waals surface area contributed by atoms with Gasteiger partial charge in [0, 0.05) is 14.1 Å². The molecule has 0 spiro atoms. The highest BCUT2D eigenvalue weighted by molar-refractivity contribution is 7.72. The molecule has 27 heavy (non-hydrogen) atoms. The number of carbonyl (C=O) groups excluding carboxylic acids is 1. The first-order valence-corrected chi connectivity index (χ1v) is 9.52. The van der Waals surface area contributed by atoms with Crippen LogP contribution in [0.5, 0.6) is 23.0 Å². The van der Waals surface area contributed by atoms with Crippen molar-refractivity contribution in [3.05, 3.63) is 36.4 Å². The first-order chi connectivity index (χ1) is 13.0. The van der Waals surface area contributed by atoms with Gasteiger partial charge in [-0.25, -0.2) is 4.79 Å². The van der Waals surface area contributed by atoms with Gasteiger partial charge in [0.15, 0.2) is 0 Å². The summed E-state index contributed by atoms with van der Waals surface area (Å²) in [5.41, 5.74) is 0. The van der Waals surface area contributed by atoms with Crippen LogP contribution in [0, 0.1) is 0 Å². The topological polar surface area (TPSA) is 69.3 Å². The fraction of sp³-hybridized carbons (Fsp3) is 0.316. The second kappa shape index (κ2) is 9.33. The molecule has 2 amide bonds. The van der Waals surface area contributed by atoms with Gasteiger partial charge in [-0.1, -0.05) is 12.1 Å². The normalized spacial score (nSPS) is 10.3. The number of nitrogens with zero attached hydrogens (tertiary/aromatic N) is 1. The molecule has 0 bridgehead atoms. The zero-order valence-corrected chi connectivity index (χ0v) is 17.3. The summed E-state index contributed by atoms with van der Waals surface area (Å²) in [5, 5.41) is 4.54. The Morgan fingerprint density at radius 2 is 1.11 bits per heavy atom. The summed E-state index contributed by atoms with van der Waals surface area (Å²) >= 11 is 0. The highest BCUT2D eigenvalue weighted by Gasteiger charge is 2.30. The minimum absolute atomic E-state index is 0.248. The third-order valence-electron chi connectivity index (χ3n) is 3.86. The van der Waals surface area contributed by atoms with Gasteiger partial charge in [0.05, 0.1) is 47.1 Å². The van der Waals surface area contributed by atoms with Gasteiger partial charge in [0.25, 0.3) is 0 Å². The van der Waals surface area contributed by atoms with Crippen LogP contribution < -0.4 is 34.6 Å². The molecular weight excluding hydrogens is 367 g/mol. The summed E-state index contributed by atoms with van der Waals surface area (Å²) in [4.78, 5) is 14.0. The molecule has 2 aromatic carbocycles. The van der Waals surface area contributed by atoms with Crippen LogP contribution in [0.1, 0.15) is 0 Å². The molecule has 8 heteroatoms. The fourth-order valence-corrected chi connectivity index (χ4v) is 4.91. The number of amides is 2. The molecule has 0 aliphatic heterocycles. The van der Waals surface area contributed by atoms with Crippen molar-refractivity contribution >= 4 is 24.7 Å². The first kappa shape index (κ1) is 20.6. The minimum Gasteiger partial charge on any atom is -0.496 e. The molecule has 146 valence electrons. The van der Waals surface area contributed by atoms with Crippen LogP contribution in [0.3, 0.4) is 0 Å². The fourth-order valence-electron chi connectivity index (χ4n) is 2.52. The van der Waals surface area contributed by atoms with Gasteiger partial charge in [-0.2, -0.15) is 0 Å². The third-order valence-corrected chi connectivity index (χ3v) is 6.06. The number of benzene rings is 2. The molecule has 0 saturated carbocycles. The zero-order valence-electron chi connectivity index (χ0n) is 16.4. The average molecular weight is 392 g/mol. The van der Waals surface area contributed by atoms with E-state index >= 15 is 0 Å². The largest absolute Gasteiger partial charge is 0.496 e. The van der Waals surface area contributed by atoms with Gasteiger partial charge < -0.3 is 28.9 Å². The maximum atomic E-state index is 12.6. The third kappa shape index (κ3) is 4.37. The van der Waals surface area contributed by atoms with Crippen molar-refractivity contribution in [1.29, 1.82) is 0 Å². The van der Waals surface area contributed by atoms with Gasteiger partial charge in [-0.15, -0.1) is 0 Å². The summed E-state index contributed by atoms with van der Waals surface area (Å²) < 4.78 is 22.3. The Labute approximate surface area is 161 Å². The van der Waals surface area contributed by atoms with E-state index in [1.54, 1.807) is 42.5 Å². The molecule has 2 rings (SSSR count). The van der Waals surface area contributed by atoms with Crippen LogP contribution in [-0.2, 0) is 0 Å². The number of rotatable bonds is 7. The number of ether oxygens (including phenoxy) is 4. The van der Waals surface area contributed by atoms with E-state index < -0.39 is 8.07 Å². The van der Waals surface area contributed by atoms with Crippen molar-refractivity contribution < 1.29 is 23.7 Å². The lowest BCUT2D eigenvalue weighted by atomic mass is 10.3. The van der Waals surface area contributed by atoms with Crippen molar-refractivity contribution in [3.63, 3.8) is 0 Å². The second-order valence-electron chi connectivity index (χ2n) is 5.67. The Morgan fingerprint density at radius 1 is 0.778 bits per heavy atom. The summed E-state index contributed by atoms with van der Waals surface area (Å²) in [6, 6.07) is 10.7. The highest BCUT2D eigenvalue weighted by atomic mass is 31.1. The first-order valence-electron chi connectivity index (χ1n) is 8.18. The Hall–Kier alpha value is -2.66. The predicted octanol–water partition coefficient (Wildman–Crippen LogP) is 2.34. The van der Waals surface area contributed by atoms with Gasteiger partial charge in [0.1, 0.15) is 23.0 Å². The Morgan fingerprint density at radius 3 is 1.37 bits per heavy atom. The number of hydrogen-bond donors (Lipinski definition) is 1. The monoisotopic (exact) mass is 392 g/mol. The van der Waals surface area contributed by atoms with Crippen LogP contribution in [0.15, 0.2) is 36.4 Å². The van der Waals surface area contributed by atoms with Crippen molar-refractivity contribution in [1.82, 2.24) is 9.99 Å². The van der Waals surface area contributed by atoms with Crippen LogP contribution >= 0.6 is 8.07 Å². The molecule has 2 aromatic rings. The number of hydrogen-bond acceptors (Lipinski definition) is 5. The second-order valence-corrected chi connectivity index (χ2v) is 7.46. The SMILES string of the molecule is COc1cccc(OC)c1P(NC(=O)N(C)C)c1c(OC)cccc1OC. The zero-order chi connectivity index (χ0) is 20.0. The lowest BCUT2D eigenvalue weighted by Gasteiger charge is -2.27. The van der Waals surface area contributed by atoms with E-state index in [0.717, 1.165) is 10.6 Å². The van der Waals surface area contributed by atoms with E-state index in [1.807, 2.05) is 36.4 Å². The number of methoxy groups -OCH3 is 4. The Bertz CT molecular complexity index is 698. The summed E-state index contributed by atoms with van der Waals surface area (Å²) in [6.45, 7) is 0. The molecule has 1 N–H and O–H groups in total. The summed E-state index contributed by atoms with van der Waals surface area (Å²) in [5.74, 6) is 2.42. The molecule has 0 aliphatic rings. The standard InChI is InChI=1S/C19H25N2O5P/c1-21(2)19(22)20-27(17-13(23-3)9-7-10-14(17)24-4)18-15(25-5)11-8-12-16(18)26-6/h7-12H,1-6H3,(H,20,22). The maximum Gasteiger partial charge on any atom is 0.320 e. The number of carbonyl (C=O) groups is 1. The van der Waals surface area contributed by atoms with E-state index in [9.17, 15) is 4.79 Å². The van der Waals surface area contributed by atoms with Crippen molar-refractivity contribution in [3.8, 4) is 23.0 Å². The maximum absolute atomic E-state index is 12.6. The molecule has 0 radical (unpaired) electrons. The molecule has 0 aromatic heterocycles. The van der Waals surface area contributed by atoms with Crippen LogP contribution in [-0.4, -0.2) is 53.5 Å². The molecule has 0 fully saturated rings. The van der Waals surface area contributed by atoms with Crippen LogP contribution in [0.2, 0.25) is 0 Å². The van der Waals surface area contributed by atoms with Crippen molar-refractivity contribution in [2.75, 3.05) is 42.5 Å². The van der Waals surface area contributed by atoms with Crippen molar-refractivity contribution in [2.45, 2.75) is 0 Å². The lowest BCUT2D eigenvalue weighted by molar-refractivity contribution is 0.223.